The lowest BCUT2D eigenvalue weighted by Gasteiger charge is -2.24. The van der Waals surface area contributed by atoms with E-state index in [1.165, 1.54) is 10.5 Å². The number of likely N-dealkylation sites (N-methyl/N-ethyl adjacent to an activating group) is 1. The fourth-order valence-electron chi connectivity index (χ4n) is 1.90. The number of rotatable bonds is 6. The van der Waals surface area contributed by atoms with Crippen LogP contribution in [0.25, 0.3) is 0 Å². The molecule has 0 radical (unpaired) electrons. The zero-order valence-corrected chi connectivity index (χ0v) is 13.8. The van der Waals surface area contributed by atoms with Crippen molar-refractivity contribution in [1.29, 1.82) is 0 Å². The minimum atomic E-state index is -0.183. The number of benzene rings is 1. The molecule has 2 N–H and O–H groups in total. The maximum Gasteiger partial charge on any atom is 0.317 e. The minimum Gasteiger partial charge on any atom is -0.394 e. The Balaban J connectivity index is 2.59. The van der Waals surface area contributed by atoms with Gasteiger partial charge < -0.3 is 15.3 Å². The molecular formula is C17H28N2O2. The molecule has 0 saturated carbocycles. The summed E-state index contributed by atoms with van der Waals surface area (Å²) in [6.45, 7) is 8.91. The Labute approximate surface area is 128 Å². The van der Waals surface area contributed by atoms with Crippen molar-refractivity contribution in [1.82, 2.24) is 10.2 Å². The number of hydrogen-bond acceptors (Lipinski definition) is 2. The van der Waals surface area contributed by atoms with Crippen LogP contribution in [-0.2, 0) is 12.0 Å². The molecule has 0 aliphatic rings. The molecule has 0 heterocycles. The lowest BCUT2D eigenvalue weighted by molar-refractivity contribution is 0.157. The van der Waals surface area contributed by atoms with Crippen LogP contribution in [-0.4, -0.2) is 35.7 Å². The second-order valence-electron chi connectivity index (χ2n) is 6.24. The maximum atomic E-state index is 11.9. The molecule has 1 aromatic carbocycles. The Morgan fingerprint density at radius 2 is 1.90 bits per heavy atom. The van der Waals surface area contributed by atoms with Crippen LogP contribution >= 0.6 is 0 Å². The molecule has 0 fully saturated rings. The van der Waals surface area contributed by atoms with Gasteiger partial charge in [-0.1, -0.05) is 45.0 Å². The third-order valence-corrected chi connectivity index (χ3v) is 4.31. The molecule has 21 heavy (non-hydrogen) atoms. The quantitative estimate of drug-likeness (QED) is 0.847. The van der Waals surface area contributed by atoms with E-state index in [9.17, 15) is 4.79 Å². The van der Waals surface area contributed by atoms with Gasteiger partial charge in [-0.2, -0.15) is 0 Å². The number of aliphatic hydroxyl groups is 1. The highest BCUT2D eigenvalue weighted by atomic mass is 16.3. The SMILES string of the molecule is CCC(C)(C)c1ccc(CNC(=O)N(C)C(C)CO)cc1. The average Bonchev–Trinajstić information content (AvgIpc) is 2.51. The summed E-state index contributed by atoms with van der Waals surface area (Å²) in [6, 6.07) is 8.02. The third kappa shape index (κ3) is 4.74. The number of carbonyl (C=O) groups excluding carboxylic acids is 1. The number of amides is 2. The van der Waals surface area contributed by atoms with E-state index in [-0.39, 0.29) is 24.1 Å². The van der Waals surface area contributed by atoms with Crippen molar-refractivity contribution in [3.8, 4) is 0 Å². The van der Waals surface area contributed by atoms with E-state index in [1.807, 2.05) is 0 Å². The minimum absolute atomic E-state index is 0.0370. The Morgan fingerprint density at radius 1 is 1.33 bits per heavy atom. The lowest BCUT2D eigenvalue weighted by atomic mass is 9.82. The van der Waals surface area contributed by atoms with Crippen LogP contribution < -0.4 is 5.32 Å². The highest BCUT2D eigenvalue weighted by Crippen LogP contribution is 2.26. The molecule has 1 atom stereocenters. The number of carbonyl (C=O) groups is 1. The summed E-state index contributed by atoms with van der Waals surface area (Å²) in [6.07, 6.45) is 1.09. The fourth-order valence-corrected chi connectivity index (χ4v) is 1.90. The highest BCUT2D eigenvalue weighted by molar-refractivity contribution is 5.74. The van der Waals surface area contributed by atoms with Gasteiger partial charge in [0.1, 0.15) is 0 Å². The Hall–Kier alpha value is -1.55. The van der Waals surface area contributed by atoms with Crippen LogP contribution in [0.4, 0.5) is 4.79 Å². The van der Waals surface area contributed by atoms with Crippen molar-refractivity contribution in [2.75, 3.05) is 13.7 Å². The first-order valence-electron chi connectivity index (χ1n) is 7.52. The highest BCUT2D eigenvalue weighted by Gasteiger charge is 2.18. The van der Waals surface area contributed by atoms with Gasteiger partial charge in [-0.15, -0.1) is 0 Å². The molecule has 1 unspecified atom stereocenters. The first-order chi connectivity index (χ1) is 9.81. The second kappa shape index (κ2) is 7.46. The maximum absolute atomic E-state index is 11.9. The number of hydrogen-bond donors (Lipinski definition) is 2. The van der Waals surface area contributed by atoms with Gasteiger partial charge in [-0.3, -0.25) is 0 Å². The van der Waals surface area contributed by atoms with Gasteiger partial charge in [0.05, 0.1) is 12.6 Å². The van der Waals surface area contributed by atoms with Crippen LogP contribution in [0.15, 0.2) is 24.3 Å². The van der Waals surface area contributed by atoms with E-state index in [4.69, 9.17) is 5.11 Å². The second-order valence-corrected chi connectivity index (χ2v) is 6.24. The molecular weight excluding hydrogens is 264 g/mol. The topological polar surface area (TPSA) is 52.6 Å². The molecule has 4 nitrogen and oxygen atoms in total. The smallest absolute Gasteiger partial charge is 0.317 e. The zero-order valence-electron chi connectivity index (χ0n) is 13.8. The van der Waals surface area contributed by atoms with E-state index in [1.54, 1.807) is 14.0 Å². The average molecular weight is 292 g/mol. The Bertz CT molecular complexity index is 454. The zero-order chi connectivity index (χ0) is 16.0. The van der Waals surface area contributed by atoms with Gasteiger partial charge in [0, 0.05) is 13.6 Å². The van der Waals surface area contributed by atoms with Gasteiger partial charge in [0.25, 0.3) is 0 Å². The molecule has 0 aliphatic carbocycles. The number of urea groups is 1. The number of nitrogens with one attached hydrogen (secondary N) is 1. The van der Waals surface area contributed by atoms with Crippen molar-refractivity contribution in [2.24, 2.45) is 0 Å². The van der Waals surface area contributed by atoms with Gasteiger partial charge in [0.15, 0.2) is 0 Å². The van der Waals surface area contributed by atoms with Gasteiger partial charge in [0.2, 0.25) is 0 Å². The summed E-state index contributed by atoms with van der Waals surface area (Å²) >= 11 is 0. The summed E-state index contributed by atoms with van der Waals surface area (Å²) in [5.41, 5.74) is 2.56. The monoisotopic (exact) mass is 292 g/mol. The van der Waals surface area contributed by atoms with Crippen molar-refractivity contribution in [2.45, 2.75) is 52.1 Å². The van der Waals surface area contributed by atoms with E-state index in [0.29, 0.717) is 6.54 Å². The van der Waals surface area contributed by atoms with E-state index in [2.05, 4.69) is 50.4 Å². The van der Waals surface area contributed by atoms with E-state index < -0.39 is 0 Å². The largest absolute Gasteiger partial charge is 0.394 e. The molecule has 0 bridgehead atoms. The standard InChI is InChI=1S/C17H28N2O2/c1-6-17(3,4)15-9-7-14(8-10-15)11-18-16(21)19(5)13(2)12-20/h7-10,13,20H,6,11-12H2,1-5H3,(H,18,21). The molecule has 2 amide bonds. The van der Waals surface area contributed by atoms with Crippen LogP contribution in [0, 0.1) is 0 Å². The molecule has 118 valence electrons. The summed E-state index contributed by atoms with van der Waals surface area (Å²) in [7, 11) is 1.68. The van der Waals surface area contributed by atoms with Crippen LogP contribution in [0.3, 0.4) is 0 Å². The van der Waals surface area contributed by atoms with Gasteiger partial charge in [-0.25, -0.2) is 4.79 Å². The number of nitrogens with zero attached hydrogens (tertiary/aromatic N) is 1. The molecule has 0 aromatic heterocycles. The van der Waals surface area contributed by atoms with Crippen molar-refractivity contribution >= 4 is 6.03 Å². The summed E-state index contributed by atoms with van der Waals surface area (Å²) in [4.78, 5) is 13.4. The molecule has 4 heteroatoms. The van der Waals surface area contributed by atoms with Crippen molar-refractivity contribution in [3.05, 3.63) is 35.4 Å². The summed E-state index contributed by atoms with van der Waals surface area (Å²) in [5.74, 6) is 0. The van der Waals surface area contributed by atoms with Crippen molar-refractivity contribution < 1.29 is 9.90 Å². The molecule has 1 aromatic rings. The predicted molar refractivity (Wildman–Crippen MR) is 86.3 cm³/mol. The fraction of sp³-hybridized carbons (Fsp3) is 0.588. The Morgan fingerprint density at radius 3 is 2.38 bits per heavy atom. The summed E-state index contributed by atoms with van der Waals surface area (Å²) in [5, 5.41) is 11.9. The first kappa shape index (κ1) is 17.5. The van der Waals surface area contributed by atoms with Gasteiger partial charge in [-0.05, 0) is 29.9 Å². The Kier molecular flexibility index (Phi) is 6.21. The molecule has 1 rings (SSSR count). The van der Waals surface area contributed by atoms with E-state index >= 15 is 0 Å². The van der Waals surface area contributed by atoms with Crippen molar-refractivity contribution in [3.63, 3.8) is 0 Å². The summed E-state index contributed by atoms with van der Waals surface area (Å²) < 4.78 is 0. The molecule has 0 spiro atoms. The van der Waals surface area contributed by atoms with Crippen LogP contribution in [0.2, 0.25) is 0 Å². The number of aliphatic hydroxyl groups excluding tert-OH is 1. The van der Waals surface area contributed by atoms with Gasteiger partial charge >= 0.3 is 6.03 Å². The van der Waals surface area contributed by atoms with Crippen LogP contribution in [0.5, 0.6) is 0 Å². The van der Waals surface area contributed by atoms with E-state index in [0.717, 1.165) is 12.0 Å². The van der Waals surface area contributed by atoms with Crippen LogP contribution in [0.1, 0.15) is 45.2 Å². The first-order valence-corrected chi connectivity index (χ1v) is 7.52. The lowest BCUT2D eigenvalue weighted by Crippen LogP contribution is -2.43. The molecule has 0 aliphatic heterocycles. The normalized spacial score (nSPS) is 12.9. The molecule has 0 saturated heterocycles. The predicted octanol–water partition coefficient (Wildman–Crippen LogP) is 2.90. The third-order valence-electron chi connectivity index (χ3n) is 4.31.